The van der Waals surface area contributed by atoms with Crippen molar-refractivity contribution in [2.45, 2.75) is 38.8 Å². The fraction of sp³-hybridized carbons (Fsp3) is 0.600. The summed E-state index contributed by atoms with van der Waals surface area (Å²) >= 11 is 1.50. The van der Waals surface area contributed by atoms with Crippen molar-refractivity contribution in [1.82, 2.24) is 10.2 Å². The number of halogens is 1. The van der Waals surface area contributed by atoms with E-state index >= 15 is 0 Å². The van der Waals surface area contributed by atoms with E-state index in [0.29, 0.717) is 13.1 Å². The number of rotatable bonds is 4. The van der Waals surface area contributed by atoms with Gasteiger partial charge in [0.15, 0.2) is 0 Å². The highest BCUT2D eigenvalue weighted by molar-refractivity contribution is 7.10. The molecule has 2 rings (SSSR count). The van der Waals surface area contributed by atoms with E-state index in [-0.39, 0.29) is 42.2 Å². The number of primary amides is 1. The minimum atomic E-state index is -0.618. The SMILES string of the molecule is CC1(C)CN(C(=O)CC(NC(N)=O)c2cccs2)CCC1N.Cl. The highest BCUT2D eigenvalue weighted by Crippen LogP contribution is 2.29. The third-order valence-electron chi connectivity index (χ3n) is 4.25. The molecule has 0 bridgehead atoms. The Balaban J connectivity index is 0.00000264. The van der Waals surface area contributed by atoms with Crippen molar-refractivity contribution in [2.75, 3.05) is 13.1 Å². The highest BCUT2D eigenvalue weighted by atomic mass is 35.5. The number of thiophene rings is 1. The summed E-state index contributed by atoms with van der Waals surface area (Å²) in [4.78, 5) is 26.5. The number of nitrogens with zero attached hydrogens (tertiary/aromatic N) is 1. The van der Waals surface area contributed by atoms with Crippen LogP contribution in [0.15, 0.2) is 17.5 Å². The minimum Gasteiger partial charge on any atom is -0.352 e. The standard InChI is InChI=1S/C15H24N4O2S.ClH/c1-15(2)9-19(6-5-12(15)16)13(20)8-10(18-14(17)21)11-4-3-7-22-11;/h3-4,7,10,12H,5-6,8-9,16H2,1-2H3,(H3,17,18,21);1H. The molecule has 1 aromatic heterocycles. The maximum atomic E-state index is 12.6. The van der Waals surface area contributed by atoms with Gasteiger partial charge in [0.1, 0.15) is 0 Å². The van der Waals surface area contributed by atoms with Gasteiger partial charge in [0, 0.05) is 24.0 Å². The number of piperidine rings is 1. The fourth-order valence-corrected chi connectivity index (χ4v) is 3.55. The molecule has 5 N–H and O–H groups in total. The average molecular weight is 361 g/mol. The Kier molecular flexibility index (Phi) is 6.85. The number of hydrogen-bond acceptors (Lipinski definition) is 4. The molecule has 23 heavy (non-hydrogen) atoms. The van der Waals surface area contributed by atoms with Gasteiger partial charge in [-0.05, 0) is 23.3 Å². The molecular formula is C15H25ClN4O2S. The van der Waals surface area contributed by atoms with Gasteiger partial charge in [-0.2, -0.15) is 0 Å². The number of carbonyl (C=O) groups is 2. The maximum Gasteiger partial charge on any atom is 0.312 e. The maximum absolute atomic E-state index is 12.6. The van der Waals surface area contributed by atoms with Crippen LogP contribution in [0.25, 0.3) is 0 Å². The molecule has 1 aliphatic rings. The molecule has 0 aliphatic carbocycles. The molecule has 1 aromatic rings. The van der Waals surface area contributed by atoms with Crippen LogP contribution < -0.4 is 16.8 Å². The Morgan fingerprint density at radius 1 is 1.52 bits per heavy atom. The zero-order chi connectivity index (χ0) is 16.3. The summed E-state index contributed by atoms with van der Waals surface area (Å²) in [5.41, 5.74) is 11.2. The predicted molar refractivity (Wildman–Crippen MR) is 94.6 cm³/mol. The molecule has 1 saturated heterocycles. The average Bonchev–Trinajstić information content (AvgIpc) is 2.94. The zero-order valence-electron chi connectivity index (χ0n) is 13.5. The van der Waals surface area contributed by atoms with Crippen molar-refractivity contribution in [3.05, 3.63) is 22.4 Å². The van der Waals surface area contributed by atoms with Crippen LogP contribution in [0, 0.1) is 5.41 Å². The van der Waals surface area contributed by atoms with Crippen molar-refractivity contribution in [3.8, 4) is 0 Å². The van der Waals surface area contributed by atoms with Crippen molar-refractivity contribution in [3.63, 3.8) is 0 Å². The van der Waals surface area contributed by atoms with E-state index in [2.05, 4.69) is 19.2 Å². The summed E-state index contributed by atoms with van der Waals surface area (Å²) < 4.78 is 0. The first kappa shape index (κ1) is 19.7. The van der Waals surface area contributed by atoms with E-state index in [4.69, 9.17) is 11.5 Å². The quantitative estimate of drug-likeness (QED) is 0.763. The zero-order valence-corrected chi connectivity index (χ0v) is 15.1. The molecule has 2 heterocycles. The summed E-state index contributed by atoms with van der Waals surface area (Å²) in [7, 11) is 0. The second-order valence-corrected chi connectivity index (χ2v) is 7.46. The van der Waals surface area contributed by atoms with E-state index < -0.39 is 6.03 Å². The van der Waals surface area contributed by atoms with Crippen LogP contribution in [0.3, 0.4) is 0 Å². The second-order valence-electron chi connectivity index (χ2n) is 6.48. The lowest BCUT2D eigenvalue weighted by atomic mass is 9.79. The Bertz CT molecular complexity index is 536. The minimum absolute atomic E-state index is 0. The number of nitrogens with two attached hydrogens (primary N) is 2. The Hall–Kier alpha value is -1.31. The molecule has 1 aliphatic heterocycles. The Labute approximate surface area is 147 Å². The monoisotopic (exact) mass is 360 g/mol. The van der Waals surface area contributed by atoms with Crippen LogP contribution in [0.4, 0.5) is 4.79 Å². The molecule has 2 atom stereocenters. The van der Waals surface area contributed by atoms with E-state index in [0.717, 1.165) is 11.3 Å². The Morgan fingerprint density at radius 2 is 2.22 bits per heavy atom. The topological polar surface area (TPSA) is 101 Å². The van der Waals surface area contributed by atoms with Gasteiger partial charge in [0.2, 0.25) is 5.91 Å². The van der Waals surface area contributed by atoms with E-state index in [9.17, 15) is 9.59 Å². The first-order valence-corrected chi connectivity index (χ1v) is 8.30. The highest BCUT2D eigenvalue weighted by Gasteiger charge is 2.35. The third kappa shape index (κ3) is 5.09. The molecule has 3 amide bonds. The smallest absolute Gasteiger partial charge is 0.312 e. The number of carbonyl (C=O) groups excluding carboxylic acids is 2. The first-order chi connectivity index (χ1) is 10.3. The Morgan fingerprint density at radius 3 is 2.74 bits per heavy atom. The third-order valence-corrected chi connectivity index (χ3v) is 5.23. The van der Waals surface area contributed by atoms with E-state index in [1.54, 1.807) is 0 Å². The van der Waals surface area contributed by atoms with Gasteiger partial charge in [-0.1, -0.05) is 19.9 Å². The summed E-state index contributed by atoms with van der Waals surface area (Å²) in [6.07, 6.45) is 1.01. The first-order valence-electron chi connectivity index (χ1n) is 7.42. The lowest BCUT2D eigenvalue weighted by Crippen LogP contribution is -2.54. The van der Waals surface area contributed by atoms with Gasteiger partial charge in [-0.15, -0.1) is 23.7 Å². The number of amides is 3. The van der Waals surface area contributed by atoms with Crippen molar-refractivity contribution >= 4 is 35.7 Å². The van der Waals surface area contributed by atoms with E-state index in [1.807, 2.05) is 22.4 Å². The molecule has 0 saturated carbocycles. The number of nitrogens with one attached hydrogen (secondary N) is 1. The molecule has 0 radical (unpaired) electrons. The van der Waals surface area contributed by atoms with Gasteiger partial charge in [0.25, 0.3) is 0 Å². The van der Waals surface area contributed by atoms with Crippen molar-refractivity contribution in [1.29, 1.82) is 0 Å². The van der Waals surface area contributed by atoms with Crippen LogP contribution in [-0.4, -0.2) is 36.0 Å². The normalized spacial score (nSPS) is 21.2. The number of hydrogen-bond donors (Lipinski definition) is 3. The predicted octanol–water partition coefficient (Wildman–Crippen LogP) is 1.86. The molecule has 8 heteroatoms. The molecule has 0 spiro atoms. The lowest BCUT2D eigenvalue weighted by Gasteiger charge is -2.43. The van der Waals surface area contributed by atoms with Crippen LogP contribution in [0.5, 0.6) is 0 Å². The number of likely N-dealkylation sites (tertiary alicyclic amines) is 1. The molecule has 6 nitrogen and oxygen atoms in total. The summed E-state index contributed by atoms with van der Waals surface area (Å²) in [5, 5.41) is 4.57. The van der Waals surface area contributed by atoms with Gasteiger partial charge >= 0.3 is 6.03 Å². The molecular weight excluding hydrogens is 336 g/mol. The largest absolute Gasteiger partial charge is 0.352 e. The van der Waals surface area contributed by atoms with Crippen LogP contribution >= 0.6 is 23.7 Å². The number of urea groups is 1. The molecule has 0 aromatic carbocycles. The van der Waals surface area contributed by atoms with Gasteiger partial charge in [-0.25, -0.2) is 4.79 Å². The van der Waals surface area contributed by atoms with Gasteiger partial charge in [0.05, 0.1) is 12.5 Å². The summed E-state index contributed by atoms with van der Waals surface area (Å²) in [6.45, 7) is 5.46. The summed E-state index contributed by atoms with van der Waals surface area (Å²) in [5.74, 6) is 0.0205. The van der Waals surface area contributed by atoms with Gasteiger partial charge < -0.3 is 21.7 Å². The lowest BCUT2D eigenvalue weighted by molar-refractivity contribution is -0.135. The van der Waals surface area contributed by atoms with Crippen LogP contribution in [-0.2, 0) is 4.79 Å². The molecule has 1 fully saturated rings. The summed E-state index contributed by atoms with van der Waals surface area (Å²) in [6, 6.07) is 2.90. The molecule has 130 valence electrons. The van der Waals surface area contributed by atoms with Crippen molar-refractivity contribution < 1.29 is 9.59 Å². The second kappa shape index (κ2) is 7.99. The van der Waals surface area contributed by atoms with Crippen molar-refractivity contribution in [2.24, 2.45) is 16.9 Å². The molecule has 2 unspecified atom stereocenters. The van der Waals surface area contributed by atoms with E-state index in [1.165, 1.54) is 11.3 Å². The van der Waals surface area contributed by atoms with Crippen LogP contribution in [0.1, 0.15) is 37.6 Å². The van der Waals surface area contributed by atoms with Gasteiger partial charge in [-0.3, -0.25) is 4.79 Å². The van der Waals surface area contributed by atoms with Crippen LogP contribution in [0.2, 0.25) is 0 Å². The fourth-order valence-electron chi connectivity index (χ4n) is 2.77.